The molecule has 17 heavy (non-hydrogen) atoms. The average molecular weight is 242 g/mol. The second kappa shape index (κ2) is 7.24. The summed E-state index contributed by atoms with van der Waals surface area (Å²) in [5.41, 5.74) is 10.8. The third kappa shape index (κ3) is 6.23. The number of primary amides is 1. The molecule has 0 bridgehead atoms. The van der Waals surface area contributed by atoms with E-state index in [2.05, 4.69) is 10.2 Å². The van der Waals surface area contributed by atoms with Crippen molar-refractivity contribution >= 4 is 11.8 Å². The number of hydrogen-bond acceptors (Lipinski definition) is 4. The Labute approximate surface area is 102 Å². The van der Waals surface area contributed by atoms with E-state index in [-0.39, 0.29) is 17.9 Å². The molecule has 1 saturated heterocycles. The first-order chi connectivity index (χ1) is 8.08. The molecule has 1 aliphatic rings. The van der Waals surface area contributed by atoms with Gasteiger partial charge in [0.15, 0.2) is 0 Å². The largest absolute Gasteiger partial charge is 0.370 e. The lowest BCUT2D eigenvalue weighted by Gasteiger charge is -2.29. The van der Waals surface area contributed by atoms with Crippen LogP contribution < -0.4 is 16.8 Å². The minimum absolute atomic E-state index is 0.00458. The lowest BCUT2D eigenvalue weighted by molar-refractivity contribution is -0.123. The number of nitrogens with zero attached hydrogens (tertiary/aromatic N) is 1. The number of carbonyl (C=O) groups is 2. The van der Waals surface area contributed by atoms with Crippen molar-refractivity contribution in [3.05, 3.63) is 0 Å². The lowest BCUT2D eigenvalue weighted by Crippen LogP contribution is -2.44. The monoisotopic (exact) mass is 242 g/mol. The van der Waals surface area contributed by atoms with E-state index < -0.39 is 0 Å². The van der Waals surface area contributed by atoms with Gasteiger partial charge in [-0.1, -0.05) is 0 Å². The van der Waals surface area contributed by atoms with E-state index in [4.69, 9.17) is 11.5 Å². The first-order valence-corrected chi connectivity index (χ1v) is 6.11. The minimum Gasteiger partial charge on any atom is -0.370 e. The highest BCUT2D eigenvalue weighted by Gasteiger charge is 2.17. The maximum atomic E-state index is 11.5. The minimum atomic E-state index is -0.329. The maximum absolute atomic E-state index is 11.5. The van der Waals surface area contributed by atoms with Gasteiger partial charge in [0.05, 0.1) is 6.54 Å². The van der Waals surface area contributed by atoms with Crippen molar-refractivity contribution in [2.45, 2.75) is 31.7 Å². The highest BCUT2D eigenvalue weighted by molar-refractivity contribution is 5.78. The van der Waals surface area contributed by atoms with Gasteiger partial charge in [0.2, 0.25) is 11.8 Å². The summed E-state index contributed by atoms with van der Waals surface area (Å²) in [5.74, 6) is -0.325. The standard InChI is InChI=1S/C11H22N4O2/c12-9-3-6-15(7-4-9)8-11(17)14-5-1-2-10(13)16/h9H,1-8,12H2,(H2,13,16)(H,14,17). The van der Waals surface area contributed by atoms with Crippen LogP contribution in [0.2, 0.25) is 0 Å². The Morgan fingerprint density at radius 3 is 2.53 bits per heavy atom. The van der Waals surface area contributed by atoms with Crippen molar-refractivity contribution in [3.63, 3.8) is 0 Å². The van der Waals surface area contributed by atoms with Crippen LogP contribution in [0.5, 0.6) is 0 Å². The molecule has 0 unspecified atom stereocenters. The fourth-order valence-electron chi connectivity index (χ4n) is 1.86. The van der Waals surface area contributed by atoms with Crippen LogP contribution >= 0.6 is 0 Å². The van der Waals surface area contributed by atoms with E-state index in [1.54, 1.807) is 0 Å². The Hall–Kier alpha value is -1.14. The summed E-state index contributed by atoms with van der Waals surface area (Å²) in [6, 6.07) is 0.282. The van der Waals surface area contributed by atoms with Crippen LogP contribution in [0.15, 0.2) is 0 Å². The van der Waals surface area contributed by atoms with Gasteiger partial charge in [0, 0.05) is 32.1 Å². The second-order valence-corrected chi connectivity index (χ2v) is 4.53. The van der Waals surface area contributed by atoms with E-state index in [0.717, 1.165) is 25.9 Å². The Morgan fingerprint density at radius 2 is 1.94 bits per heavy atom. The van der Waals surface area contributed by atoms with Gasteiger partial charge >= 0.3 is 0 Å². The van der Waals surface area contributed by atoms with Crippen LogP contribution in [-0.4, -0.2) is 48.9 Å². The van der Waals surface area contributed by atoms with Gasteiger partial charge in [-0.15, -0.1) is 0 Å². The molecule has 0 spiro atoms. The third-order valence-corrected chi connectivity index (χ3v) is 2.92. The van der Waals surface area contributed by atoms with Crippen LogP contribution in [0.25, 0.3) is 0 Å². The van der Waals surface area contributed by atoms with Gasteiger partial charge in [-0.3, -0.25) is 14.5 Å². The summed E-state index contributed by atoms with van der Waals surface area (Å²) in [5, 5.41) is 2.78. The number of piperidine rings is 1. The highest BCUT2D eigenvalue weighted by Crippen LogP contribution is 2.07. The smallest absolute Gasteiger partial charge is 0.234 e. The molecular formula is C11H22N4O2. The zero-order valence-electron chi connectivity index (χ0n) is 10.2. The van der Waals surface area contributed by atoms with Crippen molar-refractivity contribution in [1.29, 1.82) is 0 Å². The van der Waals surface area contributed by atoms with Crippen LogP contribution in [0.4, 0.5) is 0 Å². The summed E-state index contributed by atoms with van der Waals surface area (Å²) in [4.78, 5) is 24.1. The number of likely N-dealkylation sites (tertiary alicyclic amines) is 1. The third-order valence-electron chi connectivity index (χ3n) is 2.92. The molecule has 2 amide bonds. The molecule has 5 N–H and O–H groups in total. The zero-order valence-corrected chi connectivity index (χ0v) is 10.2. The maximum Gasteiger partial charge on any atom is 0.234 e. The van der Waals surface area contributed by atoms with Crippen molar-refractivity contribution in [3.8, 4) is 0 Å². The molecular weight excluding hydrogens is 220 g/mol. The van der Waals surface area contributed by atoms with Crippen LogP contribution in [0, 0.1) is 0 Å². The van der Waals surface area contributed by atoms with Gasteiger partial charge in [-0.25, -0.2) is 0 Å². The number of amides is 2. The van der Waals surface area contributed by atoms with Gasteiger partial charge < -0.3 is 16.8 Å². The van der Waals surface area contributed by atoms with Crippen molar-refractivity contribution in [1.82, 2.24) is 10.2 Å². The summed E-state index contributed by atoms with van der Waals surface area (Å²) < 4.78 is 0. The van der Waals surface area contributed by atoms with E-state index in [9.17, 15) is 9.59 Å². The number of rotatable bonds is 6. The quantitative estimate of drug-likeness (QED) is 0.509. The molecule has 1 aliphatic heterocycles. The first-order valence-electron chi connectivity index (χ1n) is 6.11. The molecule has 6 nitrogen and oxygen atoms in total. The Kier molecular flexibility index (Phi) is 5.93. The van der Waals surface area contributed by atoms with E-state index in [1.165, 1.54) is 0 Å². The van der Waals surface area contributed by atoms with Crippen molar-refractivity contribution in [2.75, 3.05) is 26.2 Å². The van der Waals surface area contributed by atoms with Gasteiger partial charge in [-0.2, -0.15) is 0 Å². The predicted octanol–water partition coefficient (Wildman–Crippen LogP) is -1.21. The van der Waals surface area contributed by atoms with Crippen molar-refractivity contribution in [2.24, 2.45) is 11.5 Å². The first kappa shape index (κ1) is 13.9. The molecule has 0 aromatic carbocycles. The van der Waals surface area contributed by atoms with E-state index >= 15 is 0 Å². The number of carbonyl (C=O) groups excluding carboxylic acids is 2. The van der Waals surface area contributed by atoms with E-state index in [1.807, 2.05) is 0 Å². The molecule has 1 heterocycles. The summed E-state index contributed by atoms with van der Waals surface area (Å²) >= 11 is 0. The van der Waals surface area contributed by atoms with Crippen LogP contribution in [0.1, 0.15) is 25.7 Å². The average Bonchev–Trinajstić information content (AvgIpc) is 2.27. The predicted molar refractivity (Wildman–Crippen MR) is 65.1 cm³/mol. The zero-order chi connectivity index (χ0) is 12.7. The molecule has 0 radical (unpaired) electrons. The van der Waals surface area contributed by atoms with Gasteiger partial charge in [-0.05, 0) is 19.3 Å². The van der Waals surface area contributed by atoms with Crippen LogP contribution in [0.3, 0.4) is 0 Å². The number of nitrogens with two attached hydrogens (primary N) is 2. The molecule has 0 saturated carbocycles. The SMILES string of the molecule is NC(=O)CCCNC(=O)CN1CCC(N)CC1. The van der Waals surface area contributed by atoms with E-state index in [0.29, 0.717) is 25.9 Å². The Morgan fingerprint density at radius 1 is 1.29 bits per heavy atom. The van der Waals surface area contributed by atoms with Crippen LogP contribution in [-0.2, 0) is 9.59 Å². The Bertz CT molecular complexity index is 262. The summed E-state index contributed by atoms with van der Waals surface area (Å²) in [7, 11) is 0. The molecule has 0 aromatic rings. The topological polar surface area (TPSA) is 101 Å². The lowest BCUT2D eigenvalue weighted by atomic mass is 10.1. The molecule has 0 atom stereocenters. The Balaban J connectivity index is 2.06. The molecule has 1 rings (SSSR count). The number of nitrogens with one attached hydrogen (secondary N) is 1. The highest BCUT2D eigenvalue weighted by atomic mass is 16.2. The molecule has 1 fully saturated rings. The fourth-order valence-corrected chi connectivity index (χ4v) is 1.86. The summed E-state index contributed by atoms with van der Waals surface area (Å²) in [6.07, 6.45) is 2.83. The fraction of sp³-hybridized carbons (Fsp3) is 0.818. The molecule has 0 aliphatic carbocycles. The summed E-state index contributed by atoms with van der Waals surface area (Å²) in [6.45, 7) is 2.70. The second-order valence-electron chi connectivity index (χ2n) is 4.53. The normalized spacial score (nSPS) is 17.9. The molecule has 6 heteroatoms. The van der Waals surface area contributed by atoms with Gasteiger partial charge in [0.25, 0.3) is 0 Å². The molecule has 98 valence electrons. The van der Waals surface area contributed by atoms with Crippen molar-refractivity contribution < 1.29 is 9.59 Å². The van der Waals surface area contributed by atoms with Gasteiger partial charge in [0.1, 0.15) is 0 Å². The molecule has 0 aromatic heterocycles. The number of hydrogen-bond donors (Lipinski definition) is 3.